The Kier molecular flexibility index (Phi) is 5.37. The Morgan fingerprint density at radius 3 is 2.89 bits per heavy atom. The Labute approximate surface area is 166 Å². The van der Waals surface area contributed by atoms with Gasteiger partial charge < -0.3 is 5.32 Å². The lowest BCUT2D eigenvalue weighted by atomic mass is 9.92. The zero-order valence-electron chi connectivity index (χ0n) is 16.3. The molecule has 4 rings (SSSR count). The van der Waals surface area contributed by atoms with E-state index in [0.717, 1.165) is 13.0 Å². The van der Waals surface area contributed by atoms with E-state index < -0.39 is 0 Å². The summed E-state index contributed by atoms with van der Waals surface area (Å²) in [4.78, 5) is 1.32. The van der Waals surface area contributed by atoms with Gasteiger partial charge in [0.15, 0.2) is 0 Å². The fourth-order valence-corrected chi connectivity index (χ4v) is 4.45. The van der Waals surface area contributed by atoms with Crippen molar-refractivity contribution in [3.05, 3.63) is 76.6 Å². The summed E-state index contributed by atoms with van der Waals surface area (Å²) in [5.74, 6) is 0. The van der Waals surface area contributed by atoms with Crippen LogP contribution in [0.5, 0.6) is 0 Å². The average Bonchev–Trinajstić information content (AvgIpc) is 3.13. The molecule has 1 aliphatic carbocycles. The van der Waals surface area contributed by atoms with E-state index in [1.54, 1.807) is 11.8 Å². The molecule has 3 nitrogen and oxygen atoms in total. The van der Waals surface area contributed by atoms with E-state index >= 15 is 0 Å². The zero-order valence-corrected chi connectivity index (χ0v) is 17.1. The molecule has 1 atom stereocenters. The van der Waals surface area contributed by atoms with Crippen LogP contribution in [-0.4, -0.2) is 16.0 Å². The van der Waals surface area contributed by atoms with Crippen molar-refractivity contribution in [1.82, 2.24) is 15.1 Å². The summed E-state index contributed by atoms with van der Waals surface area (Å²) in [7, 11) is 0. The molecule has 2 aromatic carbocycles. The Balaban J connectivity index is 1.57. The Morgan fingerprint density at radius 2 is 2.04 bits per heavy atom. The highest BCUT2D eigenvalue weighted by Gasteiger charge is 2.25. The van der Waals surface area contributed by atoms with Crippen molar-refractivity contribution >= 4 is 11.8 Å². The molecule has 1 N–H and O–H groups in total. The maximum Gasteiger partial charge on any atom is 0.0680 e. The molecule has 140 valence electrons. The van der Waals surface area contributed by atoms with Gasteiger partial charge in [0.05, 0.1) is 11.9 Å². The van der Waals surface area contributed by atoms with Crippen molar-refractivity contribution in [2.24, 2.45) is 0 Å². The largest absolute Gasteiger partial charge is 0.306 e. The first-order valence-electron chi connectivity index (χ1n) is 9.67. The van der Waals surface area contributed by atoms with Crippen LogP contribution in [0, 0.1) is 13.8 Å². The molecule has 0 aliphatic heterocycles. The van der Waals surface area contributed by atoms with Crippen LogP contribution in [0.4, 0.5) is 0 Å². The number of aryl methyl sites for hydroxylation is 1. The number of thioether (sulfide) groups is 1. The first-order chi connectivity index (χ1) is 13.2. The van der Waals surface area contributed by atoms with Crippen LogP contribution < -0.4 is 5.32 Å². The number of nitrogens with one attached hydrogen (secondary N) is 1. The first-order valence-corrected chi connectivity index (χ1v) is 10.9. The first kappa shape index (κ1) is 18.3. The second kappa shape index (κ2) is 7.91. The SMILES string of the molecule is CSc1cccc(CN[C@@H]2CCCc3c2cnn3-c2cccc(C)c2C)c1. The third-order valence-corrected chi connectivity index (χ3v) is 6.40. The van der Waals surface area contributed by atoms with Gasteiger partial charge in [-0.1, -0.05) is 24.3 Å². The molecule has 0 bridgehead atoms. The molecular formula is C23H27N3S. The van der Waals surface area contributed by atoms with Gasteiger partial charge in [0, 0.05) is 28.7 Å². The molecule has 0 radical (unpaired) electrons. The number of aromatic nitrogens is 2. The predicted octanol–water partition coefficient (Wildman–Crippen LogP) is 5.38. The lowest BCUT2D eigenvalue weighted by Gasteiger charge is -2.25. The molecule has 0 fully saturated rings. The molecule has 4 heteroatoms. The van der Waals surface area contributed by atoms with Gasteiger partial charge in [-0.2, -0.15) is 5.10 Å². The highest BCUT2D eigenvalue weighted by atomic mass is 32.2. The van der Waals surface area contributed by atoms with Crippen LogP contribution >= 0.6 is 11.8 Å². The molecule has 1 aromatic heterocycles. The smallest absolute Gasteiger partial charge is 0.0680 e. The van der Waals surface area contributed by atoms with E-state index in [-0.39, 0.29) is 0 Å². The molecule has 1 aliphatic rings. The molecule has 0 saturated heterocycles. The fourth-order valence-electron chi connectivity index (χ4n) is 3.97. The summed E-state index contributed by atoms with van der Waals surface area (Å²) >= 11 is 1.80. The predicted molar refractivity (Wildman–Crippen MR) is 114 cm³/mol. The molecule has 1 heterocycles. The minimum Gasteiger partial charge on any atom is -0.306 e. The van der Waals surface area contributed by atoms with Crippen LogP contribution in [0.25, 0.3) is 5.69 Å². The van der Waals surface area contributed by atoms with E-state index in [2.05, 4.69) is 78.8 Å². The fraction of sp³-hybridized carbons (Fsp3) is 0.348. The van der Waals surface area contributed by atoms with Crippen LogP contribution in [-0.2, 0) is 13.0 Å². The van der Waals surface area contributed by atoms with Gasteiger partial charge in [0.25, 0.3) is 0 Å². The van der Waals surface area contributed by atoms with Gasteiger partial charge in [0.1, 0.15) is 0 Å². The zero-order chi connectivity index (χ0) is 18.8. The third kappa shape index (κ3) is 3.69. The third-order valence-electron chi connectivity index (χ3n) is 5.67. The van der Waals surface area contributed by atoms with Gasteiger partial charge in [-0.3, -0.25) is 0 Å². The molecule has 27 heavy (non-hydrogen) atoms. The van der Waals surface area contributed by atoms with Crippen molar-refractivity contribution in [3.8, 4) is 5.69 Å². The Bertz CT molecular complexity index is 945. The minimum atomic E-state index is 0.380. The summed E-state index contributed by atoms with van der Waals surface area (Å²) in [6, 6.07) is 15.7. The number of nitrogens with zero attached hydrogens (tertiary/aromatic N) is 2. The molecular weight excluding hydrogens is 350 g/mol. The monoisotopic (exact) mass is 377 g/mol. The van der Waals surface area contributed by atoms with Crippen molar-refractivity contribution in [2.75, 3.05) is 6.26 Å². The quantitative estimate of drug-likeness (QED) is 0.606. The molecule has 0 amide bonds. The average molecular weight is 378 g/mol. The van der Waals surface area contributed by atoms with Gasteiger partial charge in [0.2, 0.25) is 0 Å². The number of fused-ring (bicyclic) bond motifs is 1. The molecule has 0 spiro atoms. The molecule has 3 aromatic rings. The van der Waals surface area contributed by atoms with Crippen molar-refractivity contribution in [1.29, 1.82) is 0 Å². The van der Waals surface area contributed by atoms with E-state index in [9.17, 15) is 0 Å². The summed E-state index contributed by atoms with van der Waals surface area (Å²) in [5, 5.41) is 8.55. The lowest BCUT2D eigenvalue weighted by molar-refractivity contribution is 0.454. The topological polar surface area (TPSA) is 29.9 Å². The van der Waals surface area contributed by atoms with E-state index in [1.165, 1.54) is 51.4 Å². The van der Waals surface area contributed by atoms with Crippen LogP contribution in [0.15, 0.2) is 53.6 Å². The lowest BCUT2D eigenvalue weighted by Crippen LogP contribution is -2.25. The summed E-state index contributed by atoms with van der Waals surface area (Å²) in [5.41, 5.74) is 7.91. The van der Waals surface area contributed by atoms with Crippen LogP contribution in [0.1, 0.15) is 46.8 Å². The maximum atomic E-state index is 4.78. The summed E-state index contributed by atoms with van der Waals surface area (Å²) in [6.07, 6.45) is 7.68. The Hall–Kier alpha value is -2.04. The van der Waals surface area contributed by atoms with Gasteiger partial charge in [-0.05, 0) is 74.3 Å². The highest BCUT2D eigenvalue weighted by molar-refractivity contribution is 7.98. The van der Waals surface area contributed by atoms with Crippen molar-refractivity contribution in [3.63, 3.8) is 0 Å². The molecule has 0 saturated carbocycles. The van der Waals surface area contributed by atoms with Crippen molar-refractivity contribution < 1.29 is 0 Å². The second-order valence-electron chi connectivity index (χ2n) is 7.35. The summed E-state index contributed by atoms with van der Waals surface area (Å²) < 4.78 is 2.17. The number of hydrogen-bond acceptors (Lipinski definition) is 3. The minimum absolute atomic E-state index is 0.380. The summed E-state index contributed by atoms with van der Waals surface area (Å²) in [6.45, 7) is 5.25. The van der Waals surface area contributed by atoms with Gasteiger partial charge in [-0.25, -0.2) is 4.68 Å². The normalized spacial score (nSPS) is 16.3. The van der Waals surface area contributed by atoms with Crippen LogP contribution in [0.2, 0.25) is 0 Å². The van der Waals surface area contributed by atoms with E-state index in [1.807, 2.05) is 0 Å². The van der Waals surface area contributed by atoms with Crippen LogP contribution in [0.3, 0.4) is 0 Å². The van der Waals surface area contributed by atoms with Gasteiger partial charge >= 0.3 is 0 Å². The highest BCUT2D eigenvalue weighted by Crippen LogP contribution is 2.32. The second-order valence-corrected chi connectivity index (χ2v) is 8.23. The van der Waals surface area contributed by atoms with Crippen molar-refractivity contribution in [2.45, 2.75) is 50.6 Å². The Morgan fingerprint density at radius 1 is 1.19 bits per heavy atom. The van der Waals surface area contributed by atoms with E-state index in [0.29, 0.717) is 6.04 Å². The maximum absolute atomic E-state index is 4.78. The standard InChI is InChI=1S/C23H27N3S/c1-16-7-4-11-22(17(16)2)26-23-12-6-10-21(20(23)15-25-26)24-14-18-8-5-9-19(13-18)27-3/h4-5,7-9,11,13,15,21,24H,6,10,12,14H2,1-3H3/t21-/m1/s1. The number of rotatable bonds is 5. The van der Waals surface area contributed by atoms with E-state index in [4.69, 9.17) is 5.10 Å². The number of benzene rings is 2. The number of hydrogen-bond donors (Lipinski definition) is 1. The molecule has 0 unspecified atom stereocenters. The van der Waals surface area contributed by atoms with Gasteiger partial charge in [-0.15, -0.1) is 11.8 Å².